The molecule has 1 heterocycles. The Bertz CT molecular complexity index is 969. The summed E-state index contributed by atoms with van der Waals surface area (Å²) in [4.78, 5) is 8.98. The second-order valence-corrected chi connectivity index (χ2v) is 7.61. The fourth-order valence-corrected chi connectivity index (χ4v) is 3.26. The van der Waals surface area contributed by atoms with Crippen LogP contribution in [0.15, 0.2) is 72.0 Å². The lowest BCUT2D eigenvalue weighted by Crippen LogP contribution is -2.44. The lowest BCUT2D eigenvalue weighted by Gasteiger charge is -2.25. The van der Waals surface area contributed by atoms with Crippen molar-refractivity contribution in [1.82, 2.24) is 20.2 Å². The number of aliphatic imine (C=N–C) groups is 1. The zero-order valence-electron chi connectivity index (χ0n) is 18.4. The van der Waals surface area contributed by atoms with Crippen LogP contribution in [-0.2, 0) is 18.7 Å². The van der Waals surface area contributed by atoms with Crippen molar-refractivity contribution in [1.29, 1.82) is 0 Å². The lowest BCUT2D eigenvalue weighted by molar-refractivity contribution is 0.0617. The Morgan fingerprint density at radius 3 is 2.52 bits per heavy atom. The van der Waals surface area contributed by atoms with E-state index in [1.54, 1.807) is 6.92 Å². The molecule has 1 aromatic heterocycles. The van der Waals surface area contributed by atoms with E-state index in [1.807, 2.05) is 56.6 Å². The molecule has 0 amide bonds. The second kappa shape index (κ2) is 11.9. The number of aryl methyl sites for hydroxylation is 1. The summed E-state index contributed by atoms with van der Waals surface area (Å²) in [5.74, 6) is 1.69. The molecule has 1 unspecified atom stereocenters. The highest BCUT2D eigenvalue weighted by Crippen LogP contribution is 2.18. The summed E-state index contributed by atoms with van der Waals surface area (Å²) < 4.78 is 2.12. The van der Waals surface area contributed by atoms with Gasteiger partial charge in [-0.15, -0.1) is 24.0 Å². The molecule has 6 nitrogen and oxygen atoms in total. The van der Waals surface area contributed by atoms with Gasteiger partial charge in [0.2, 0.25) is 0 Å². The number of guanidine groups is 1. The van der Waals surface area contributed by atoms with Crippen LogP contribution >= 0.6 is 24.0 Å². The number of hydrogen-bond donors (Lipinski definition) is 3. The zero-order valence-corrected chi connectivity index (χ0v) is 20.7. The first-order valence-corrected chi connectivity index (χ1v) is 10.3. The van der Waals surface area contributed by atoms with Crippen molar-refractivity contribution in [3.8, 4) is 0 Å². The normalized spacial score (nSPS) is 13.2. The minimum atomic E-state index is -0.986. The van der Waals surface area contributed by atoms with E-state index in [-0.39, 0.29) is 24.0 Å². The minimum absolute atomic E-state index is 0. The van der Waals surface area contributed by atoms with Crippen LogP contribution in [0, 0.1) is 6.92 Å². The van der Waals surface area contributed by atoms with E-state index in [1.165, 1.54) is 5.56 Å². The van der Waals surface area contributed by atoms with Crippen LogP contribution in [0.3, 0.4) is 0 Å². The third kappa shape index (κ3) is 7.36. The molecule has 31 heavy (non-hydrogen) atoms. The maximum Gasteiger partial charge on any atom is 0.191 e. The van der Waals surface area contributed by atoms with Crippen molar-refractivity contribution >= 4 is 29.9 Å². The molecule has 3 aromatic rings. The highest BCUT2D eigenvalue weighted by molar-refractivity contribution is 14.0. The molecule has 3 rings (SSSR count). The Morgan fingerprint density at radius 1 is 1.10 bits per heavy atom. The minimum Gasteiger partial charge on any atom is -0.384 e. The number of rotatable bonds is 8. The third-order valence-corrected chi connectivity index (χ3v) is 5.03. The first kappa shape index (κ1) is 24.9. The van der Waals surface area contributed by atoms with Gasteiger partial charge in [0.15, 0.2) is 5.96 Å². The van der Waals surface area contributed by atoms with Crippen molar-refractivity contribution in [2.45, 2.75) is 39.5 Å². The van der Waals surface area contributed by atoms with E-state index >= 15 is 0 Å². The van der Waals surface area contributed by atoms with Crippen LogP contribution in [0.5, 0.6) is 0 Å². The smallest absolute Gasteiger partial charge is 0.191 e. The summed E-state index contributed by atoms with van der Waals surface area (Å²) in [5.41, 5.74) is 2.24. The van der Waals surface area contributed by atoms with Gasteiger partial charge in [-0.2, -0.15) is 0 Å². The average Bonchev–Trinajstić information content (AvgIpc) is 3.15. The number of nitrogens with one attached hydrogen (secondary N) is 2. The van der Waals surface area contributed by atoms with Crippen molar-refractivity contribution < 1.29 is 5.11 Å². The molecule has 3 N–H and O–H groups in total. The number of nitrogens with zero attached hydrogens (tertiary/aromatic N) is 3. The lowest BCUT2D eigenvalue weighted by atomic mass is 9.96. The van der Waals surface area contributed by atoms with Gasteiger partial charge in [0.05, 0.1) is 13.1 Å². The van der Waals surface area contributed by atoms with Gasteiger partial charge >= 0.3 is 0 Å². The summed E-state index contributed by atoms with van der Waals surface area (Å²) in [6.45, 7) is 8.30. The summed E-state index contributed by atoms with van der Waals surface area (Å²) in [6, 6.07) is 18.1. The number of imidazole rings is 1. The number of hydrogen-bond acceptors (Lipinski definition) is 3. The maximum atomic E-state index is 10.8. The molecule has 7 heteroatoms. The molecule has 0 saturated heterocycles. The molecule has 0 aliphatic carbocycles. The molecule has 0 radical (unpaired) electrons. The van der Waals surface area contributed by atoms with Crippen LogP contribution in [0.2, 0.25) is 0 Å². The standard InChI is InChI=1S/C24H31N5O.HI/c1-4-25-23(28-18-24(3,30)22-11-6-5-7-12-22)27-16-20-9-8-10-21(15-20)17-29-14-13-26-19(29)2;/h5-15,30H,4,16-18H2,1-3H3,(H2,25,27,28);1H. The van der Waals surface area contributed by atoms with E-state index in [0.717, 1.165) is 30.0 Å². The predicted molar refractivity (Wildman–Crippen MR) is 137 cm³/mol. The number of aliphatic hydroxyl groups is 1. The topological polar surface area (TPSA) is 74.5 Å². The van der Waals surface area contributed by atoms with Crippen molar-refractivity contribution in [3.05, 3.63) is 89.5 Å². The van der Waals surface area contributed by atoms with E-state index < -0.39 is 5.60 Å². The Morgan fingerprint density at radius 2 is 1.84 bits per heavy atom. The van der Waals surface area contributed by atoms with E-state index in [0.29, 0.717) is 19.0 Å². The van der Waals surface area contributed by atoms with Crippen LogP contribution in [0.1, 0.15) is 36.4 Å². The molecular weight excluding hydrogens is 501 g/mol. The van der Waals surface area contributed by atoms with Gasteiger partial charge in [0.1, 0.15) is 11.4 Å². The molecule has 0 aliphatic rings. The third-order valence-electron chi connectivity index (χ3n) is 5.03. The molecule has 0 spiro atoms. The van der Waals surface area contributed by atoms with Crippen LogP contribution in [0.25, 0.3) is 0 Å². The molecule has 0 bridgehead atoms. The monoisotopic (exact) mass is 533 g/mol. The van der Waals surface area contributed by atoms with Crippen LogP contribution in [-0.4, -0.2) is 33.7 Å². The highest BCUT2D eigenvalue weighted by atomic mass is 127. The number of benzene rings is 2. The summed E-state index contributed by atoms with van der Waals surface area (Å²) in [6.07, 6.45) is 3.81. The number of halogens is 1. The Kier molecular flexibility index (Phi) is 9.51. The van der Waals surface area contributed by atoms with E-state index in [9.17, 15) is 5.11 Å². The van der Waals surface area contributed by atoms with Crippen molar-refractivity contribution in [3.63, 3.8) is 0 Å². The van der Waals surface area contributed by atoms with Gasteiger partial charge in [-0.3, -0.25) is 0 Å². The average molecular weight is 533 g/mol. The van der Waals surface area contributed by atoms with E-state index in [4.69, 9.17) is 4.99 Å². The Labute approximate surface area is 201 Å². The van der Waals surface area contributed by atoms with Gasteiger partial charge in [0, 0.05) is 25.5 Å². The van der Waals surface area contributed by atoms with E-state index in [2.05, 4.69) is 44.5 Å². The van der Waals surface area contributed by atoms with Crippen molar-refractivity contribution in [2.24, 2.45) is 4.99 Å². The second-order valence-electron chi connectivity index (χ2n) is 7.61. The Hall–Kier alpha value is -2.39. The van der Waals surface area contributed by atoms with Crippen LogP contribution in [0.4, 0.5) is 0 Å². The fraction of sp³-hybridized carbons (Fsp3) is 0.333. The largest absolute Gasteiger partial charge is 0.384 e. The van der Waals surface area contributed by atoms with Gasteiger partial charge in [-0.1, -0.05) is 54.6 Å². The van der Waals surface area contributed by atoms with Gasteiger partial charge in [-0.25, -0.2) is 9.98 Å². The van der Waals surface area contributed by atoms with Crippen LogP contribution < -0.4 is 10.6 Å². The summed E-state index contributed by atoms with van der Waals surface area (Å²) in [5, 5.41) is 17.3. The van der Waals surface area contributed by atoms with Crippen molar-refractivity contribution in [2.75, 3.05) is 13.1 Å². The molecule has 0 fully saturated rings. The number of aromatic nitrogens is 2. The zero-order chi connectivity index (χ0) is 21.4. The van der Waals surface area contributed by atoms with Gasteiger partial charge in [0.25, 0.3) is 0 Å². The molecule has 166 valence electrons. The first-order valence-electron chi connectivity index (χ1n) is 10.3. The quantitative estimate of drug-likeness (QED) is 0.234. The maximum absolute atomic E-state index is 10.8. The summed E-state index contributed by atoms with van der Waals surface area (Å²) >= 11 is 0. The SMILES string of the molecule is CCNC(=NCc1cccc(Cn2ccnc2C)c1)NCC(C)(O)c1ccccc1.I. The molecule has 1 atom stereocenters. The fourth-order valence-electron chi connectivity index (χ4n) is 3.26. The first-order chi connectivity index (χ1) is 14.5. The molecule has 0 aliphatic heterocycles. The molecule has 2 aromatic carbocycles. The molecular formula is C24H32IN5O. The van der Waals surface area contributed by atoms with Gasteiger partial charge < -0.3 is 20.3 Å². The van der Waals surface area contributed by atoms with Gasteiger partial charge in [-0.05, 0) is 37.5 Å². The molecule has 0 saturated carbocycles. The highest BCUT2D eigenvalue weighted by Gasteiger charge is 2.22. The Balaban J connectivity index is 0.00000341. The summed E-state index contributed by atoms with van der Waals surface area (Å²) in [7, 11) is 0. The predicted octanol–water partition coefficient (Wildman–Crippen LogP) is 3.82.